The molecule has 18 heavy (non-hydrogen) atoms. The highest BCUT2D eigenvalue weighted by Gasteiger charge is 2.17. The molecular formula is C10H12BrNO4S2. The average molecular weight is 354 g/mol. The number of sulfonamides is 1. The molecule has 1 aromatic rings. The predicted molar refractivity (Wildman–Crippen MR) is 74.7 cm³/mol. The third kappa shape index (κ3) is 3.98. The topological polar surface area (TPSA) is 83.5 Å². The lowest BCUT2D eigenvalue weighted by Crippen LogP contribution is -2.26. The van der Waals surface area contributed by atoms with E-state index in [4.69, 9.17) is 5.11 Å². The highest BCUT2D eigenvalue weighted by atomic mass is 79.9. The Morgan fingerprint density at radius 1 is 1.50 bits per heavy atom. The summed E-state index contributed by atoms with van der Waals surface area (Å²) < 4.78 is 26.5. The predicted octanol–water partition coefficient (Wildman–Crippen LogP) is 1.79. The van der Waals surface area contributed by atoms with Gasteiger partial charge in [-0.1, -0.05) is 0 Å². The van der Waals surface area contributed by atoms with Gasteiger partial charge in [0.25, 0.3) is 0 Å². The highest BCUT2D eigenvalue weighted by molar-refractivity contribution is 9.10. The van der Waals surface area contributed by atoms with Gasteiger partial charge in [0.15, 0.2) is 0 Å². The van der Waals surface area contributed by atoms with Gasteiger partial charge in [-0.25, -0.2) is 17.9 Å². The molecule has 0 aliphatic carbocycles. The molecule has 5 nitrogen and oxygen atoms in total. The van der Waals surface area contributed by atoms with Crippen LogP contribution in [0, 0.1) is 0 Å². The van der Waals surface area contributed by atoms with Crippen molar-refractivity contribution >= 4 is 43.7 Å². The van der Waals surface area contributed by atoms with Crippen molar-refractivity contribution in [1.82, 2.24) is 4.72 Å². The van der Waals surface area contributed by atoms with Crippen LogP contribution in [0.25, 0.3) is 0 Å². The summed E-state index contributed by atoms with van der Waals surface area (Å²) in [5.41, 5.74) is -0.0808. The van der Waals surface area contributed by atoms with E-state index in [1.165, 1.54) is 23.9 Å². The number of thioether (sulfide) groups is 1. The quantitative estimate of drug-likeness (QED) is 0.761. The normalized spacial score (nSPS) is 11.4. The van der Waals surface area contributed by atoms with E-state index < -0.39 is 16.0 Å². The number of carboxylic acid groups (broad SMARTS) is 1. The fourth-order valence-electron chi connectivity index (χ4n) is 1.20. The first-order chi connectivity index (χ1) is 8.38. The molecule has 0 unspecified atom stereocenters. The van der Waals surface area contributed by atoms with Crippen LogP contribution >= 0.6 is 27.7 Å². The van der Waals surface area contributed by atoms with Crippen molar-refractivity contribution in [2.45, 2.75) is 4.90 Å². The van der Waals surface area contributed by atoms with Crippen LogP contribution in [0.1, 0.15) is 10.4 Å². The zero-order valence-electron chi connectivity index (χ0n) is 9.51. The first-order valence-corrected chi connectivity index (χ1v) is 8.57. The summed E-state index contributed by atoms with van der Waals surface area (Å²) in [6, 6.07) is 3.90. The molecule has 0 heterocycles. The summed E-state index contributed by atoms with van der Waals surface area (Å²) in [6.07, 6.45) is 1.87. The Kier molecular flexibility index (Phi) is 5.64. The Hall–Kier alpha value is -0.570. The van der Waals surface area contributed by atoms with Gasteiger partial charge < -0.3 is 5.11 Å². The number of carbonyl (C=O) groups is 1. The molecule has 0 fully saturated rings. The minimum Gasteiger partial charge on any atom is -0.478 e. The number of nitrogens with one attached hydrogen (secondary N) is 1. The smallest absolute Gasteiger partial charge is 0.336 e. The molecule has 0 aliphatic heterocycles. The third-order valence-electron chi connectivity index (χ3n) is 2.08. The fraction of sp³-hybridized carbons (Fsp3) is 0.300. The second-order valence-electron chi connectivity index (χ2n) is 3.34. The lowest BCUT2D eigenvalue weighted by molar-refractivity contribution is 0.0695. The molecule has 0 saturated carbocycles. The van der Waals surface area contributed by atoms with Crippen molar-refractivity contribution in [2.24, 2.45) is 0 Å². The van der Waals surface area contributed by atoms with Gasteiger partial charge in [0.1, 0.15) is 0 Å². The Morgan fingerprint density at radius 2 is 2.17 bits per heavy atom. The van der Waals surface area contributed by atoms with Crippen molar-refractivity contribution in [2.75, 3.05) is 18.6 Å². The standard InChI is InChI=1S/C10H12BrNO4S2/c1-17-5-4-12-18(15,16)7-2-3-9(11)8(6-7)10(13)14/h2-3,6,12H,4-5H2,1H3,(H,13,14). The monoisotopic (exact) mass is 353 g/mol. The SMILES string of the molecule is CSCCNS(=O)(=O)c1ccc(Br)c(C(=O)O)c1. The van der Waals surface area contributed by atoms with E-state index in [-0.39, 0.29) is 10.5 Å². The van der Waals surface area contributed by atoms with E-state index in [1.54, 1.807) is 0 Å². The van der Waals surface area contributed by atoms with Crippen LogP contribution in [0.4, 0.5) is 0 Å². The van der Waals surface area contributed by atoms with E-state index in [1.807, 2.05) is 6.26 Å². The molecule has 100 valence electrons. The lowest BCUT2D eigenvalue weighted by atomic mass is 10.2. The molecule has 1 aromatic carbocycles. The molecule has 0 atom stereocenters. The first-order valence-electron chi connectivity index (χ1n) is 4.90. The molecule has 1 rings (SSSR count). The highest BCUT2D eigenvalue weighted by Crippen LogP contribution is 2.21. The van der Waals surface area contributed by atoms with Crippen molar-refractivity contribution in [1.29, 1.82) is 0 Å². The molecule has 2 N–H and O–H groups in total. The number of aromatic carboxylic acids is 1. The van der Waals surface area contributed by atoms with Crippen LogP contribution in [0.5, 0.6) is 0 Å². The molecular weight excluding hydrogens is 342 g/mol. The van der Waals surface area contributed by atoms with Gasteiger partial charge in [0.2, 0.25) is 10.0 Å². The van der Waals surface area contributed by atoms with E-state index >= 15 is 0 Å². The summed E-state index contributed by atoms with van der Waals surface area (Å²) in [5.74, 6) is -0.523. The molecule has 0 aromatic heterocycles. The number of hydrogen-bond acceptors (Lipinski definition) is 4. The van der Waals surface area contributed by atoms with Crippen molar-refractivity contribution in [3.8, 4) is 0 Å². The van der Waals surface area contributed by atoms with Crippen LogP contribution in [0.2, 0.25) is 0 Å². The van der Waals surface area contributed by atoms with Gasteiger partial charge in [0.05, 0.1) is 10.5 Å². The Labute approximate surface area is 118 Å². The zero-order chi connectivity index (χ0) is 13.8. The van der Waals surface area contributed by atoms with Gasteiger partial charge in [0, 0.05) is 16.8 Å². The summed E-state index contributed by atoms with van der Waals surface area (Å²) in [7, 11) is -3.65. The van der Waals surface area contributed by atoms with Gasteiger partial charge in [-0.05, 0) is 40.4 Å². The minimum absolute atomic E-state index is 0.0517. The van der Waals surface area contributed by atoms with Crippen LogP contribution in [0.15, 0.2) is 27.6 Å². The third-order valence-corrected chi connectivity index (χ3v) is 4.84. The lowest BCUT2D eigenvalue weighted by Gasteiger charge is -2.07. The van der Waals surface area contributed by atoms with E-state index in [0.29, 0.717) is 16.8 Å². The molecule has 0 aliphatic rings. The second kappa shape index (κ2) is 6.55. The molecule has 0 bridgehead atoms. The number of rotatable bonds is 6. The molecule has 0 spiro atoms. The number of benzene rings is 1. The van der Waals surface area contributed by atoms with Gasteiger partial charge in [-0.15, -0.1) is 0 Å². The van der Waals surface area contributed by atoms with Gasteiger partial charge in [-0.2, -0.15) is 11.8 Å². The molecule has 8 heteroatoms. The first kappa shape index (κ1) is 15.5. The maximum Gasteiger partial charge on any atom is 0.336 e. The Morgan fingerprint density at radius 3 is 2.72 bits per heavy atom. The van der Waals surface area contributed by atoms with Gasteiger partial charge >= 0.3 is 5.97 Å². The second-order valence-corrected chi connectivity index (χ2v) is 6.94. The summed E-state index contributed by atoms with van der Waals surface area (Å²) in [4.78, 5) is 10.9. The largest absolute Gasteiger partial charge is 0.478 e. The number of carboxylic acids is 1. The summed E-state index contributed by atoms with van der Waals surface area (Å²) >= 11 is 4.58. The van der Waals surface area contributed by atoms with E-state index in [0.717, 1.165) is 6.07 Å². The fourth-order valence-corrected chi connectivity index (χ4v) is 3.11. The van der Waals surface area contributed by atoms with Crippen molar-refractivity contribution < 1.29 is 18.3 Å². The van der Waals surface area contributed by atoms with Gasteiger partial charge in [-0.3, -0.25) is 0 Å². The average Bonchev–Trinajstić information content (AvgIpc) is 2.29. The molecule has 0 radical (unpaired) electrons. The van der Waals surface area contributed by atoms with Crippen LogP contribution in [-0.2, 0) is 10.0 Å². The Balaban J connectivity index is 3.02. The summed E-state index contributed by atoms with van der Waals surface area (Å²) in [6.45, 7) is 0.308. The maximum atomic E-state index is 11.9. The van der Waals surface area contributed by atoms with Crippen LogP contribution in [-0.4, -0.2) is 38.0 Å². The van der Waals surface area contributed by atoms with E-state index in [2.05, 4.69) is 20.7 Å². The van der Waals surface area contributed by atoms with E-state index in [9.17, 15) is 13.2 Å². The van der Waals surface area contributed by atoms with Crippen LogP contribution in [0.3, 0.4) is 0 Å². The van der Waals surface area contributed by atoms with Crippen molar-refractivity contribution in [3.63, 3.8) is 0 Å². The maximum absolute atomic E-state index is 11.9. The van der Waals surface area contributed by atoms with Crippen LogP contribution < -0.4 is 4.72 Å². The Bertz CT molecular complexity index is 545. The molecule has 0 amide bonds. The molecule has 0 saturated heterocycles. The van der Waals surface area contributed by atoms with Crippen molar-refractivity contribution in [3.05, 3.63) is 28.2 Å². The zero-order valence-corrected chi connectivity index (χ0v) is 12.7. The summed E-state index contributed by atoms with van der Waals surface area (Å²) in [5, 5.41) is 8.92. The number of hydrogen-bond donors (Lipinski definition) is 2. The minimum atomic E-state index is -3.65. The number of halogens is 1.